The van der Waals surface area contributed by atoms with Gasteiger partial charge in [0.1, 0.15) is 5.82 Å². The van der Waals surface area contributed by atoms with Crippen LogP contribution < -0.4 is 5.32 Å². The lowest BCUT2D eigenvalue weighted by Crippen LogP contribution is -2.42. The van der Waals surface area contributed by atoms with Gasteiger partial charge in [-0.05, 0) is 12.8 Å². The van der Waals surface area contributed by atoms with Gasteiger partial charge >= 0.3 is 0 Å². The number of aromatic nitrogens is 2. The number of carbonyl (C=O) groups is 1. The predicted octanol–water partition coefficient (Wildman–Crippen LogP) is -0.260. The average molecular weight is 312 g/mol. The van der Waals surface area contributed by atoms with E-state index in [1.807, 2.05) is 6.20 Å². The molecule has 1 amide bonds. The summed E-state index contributed by atoms with van der Waals surface area (Å²) in [5.41, 5.74) is 0. The van der Waals surface area contributed by atoms with Crippen LogP contribution in [0.25, 0.3) is 0 Å². The molecule has 1 atom stereocenters. The first kappa shape index (κ1) is 14.5. The van der Waals surface area contributed by atoms with Gasteiger partial charge < -0.3 is 9.88 Å². The lowest BCUT2D eigenvalue weighted by atomic mass is 10.1. The SMILES string of the molecule is O=C(CCN1CCCS1(=O)=O)NC1CCc2nccn2C1. The second-order valence-corrected chi connectivity index (χ2v) is 7.71. The highest BCUT2D eigenvalue weighted by molar-refractivity contribution is 7.89. The third-order valence-corrected chi connectivity index (χ3v) is 6.05. The van der Waals surface area contributed by atoms with Crippen LogP contribution in [0.2, 0.25) is 0 Å². The highest BCUT2D eigenvalue weighted by Crippen LogP contribution is 2.15. The smallest absolute Gasteiger partial charge is 0.221 e. The summed E-state index contributed by atoms with van der Waals surface area (Å²) in [6.07, 6.45) is 6.33. The van der Waals surface area contributed by atoms with Gasteiger partial charge in [-0.3, -0.25) is 4.79 Å². The molecule has 0 aromatic carbocycles. The Morgan fingerprint density at radius 1 is 1.48 bits per heavy atom. The number of hydrogen-bond acceptors (Lipinski definition) is 4. The maximum Gasteiger partial charge on any atom is 0.221 e. The molecule has 0 spiro atoms. The van der Waals surface area contributed by atoms with Crippen LogP contribution in [0.3, 0.4) is 0 Å². The molecule has 1 fully saturated rings. The Hall–Kier alpha value is -1.41. The fraction of sp³-hybridized carbons (Fsp3) is 0.692. The third kappa shape index (κ3) is 3.26. The van der Waals surface area contributed by atoms with Gasteiger partial charge in [0.25, 0.3) is 0 Å². The molecule has 0 bridgehead atoms. The number of nitrogens with zero attached hydrogens (tertiary/aromatic N) is 3. The normalized spacial score (nSPS) is 24.7. The van der Waals surface area contributed by atoms with Crippen LogP contribution >= 0.6 is 0 Å². The van der Waals surface area contributed by atoms with Crippen molar-refractivity contribution in [2.75, 3.05) is 18.8 Å². The average Bonchev–Trinajstić information content (AvgIpc) is 3.01. The highest BCUT2D eigenvalue weighted by Gasteiger charge is 2.28. The second kappa shape index (κ2) is 5.76. The first-order valence-corrected chi connectivity index (χ1v) is 8.93. The summed E-state index contributed by atoms with van der Waals surface area (Å²) in [5, 5.41) is 2.99. The number of aryl methyl sites for hydroxylation is 1. The van der Waals surface area contributed by atoms with Gasteiger partial charge in [0, 0.05) is 50.9 Å². The largest absolute Gasteiger partial charge is 0.352 e. The Morgan fingerprint density at radius 3 is 3.10 bits per heavy atom. The summed E-state index contributed by atoms with van der Waals surface area (Å²) in [5.74, 6) is 1.19. The van der Waals surface area contributed by atoms with E-state index in [4.69, 9.17) is 0 Å². The minimum Gasteiger partial charge on any atom is -0.352 e. The number of fused-ring (bicyclic) bond motifs is 1. The maximum absolute atomic E-state index is 12.0. The fourth-order valence-electron chi connectivity index (χ4n) is 2.95. The zero-order chi connectivity index (χ0) is 14.9. The molecule has 1 aromatic rings. The molecule has 2 aliphatic heterocycles. The van der Waals surface area contributed by atoms with E-state index in [-0.39, 0.29) is 30.7 Å². The van der Waals surface area contributed by atoms with E-state index in [0.29, 0.717) is 13.0 Å². The zero-order valence-corrected chi connectivity index (χ0v) is 12.7. The van der Waals surface area contributed by atoms with Gasteiger partial charge in [0.2, 0.25) is 15.9 Å². The van der Waals surface area contributed by atoms with Crippen molar-refractivity contribution in [2.24, 2.45) is 0 Å². The molecule has 1 aromatic heterocycles. The van der Waals surface area contributed by atoms with Gasteiger partial charge in [-0.15, -0.1) is 0 Å². The number of sulfonamides is 1. The zero-order valence-electron chi connectivity index (χ0n) is 11.9. The Labute approximate surface area is 124 Å². The first-order chi connectivity index (χ1) is 10.0. The van der Waals surface area contributed by atoms with Crippen LogP contribution in [0.15, 0.2) is 12.4 Å². The molecule has 21 heavy (non-hydrogen) atoms. The Kier molecular flexibility index (Phi) is 3.99. The summed E-state index contributed by atoms with van der Waals surface area (Å²) < 4.78 is 26.8. The van der Waals surface area contributed by atoms with E-state index in [9.17, 15) is 13.2 Å². The van der Waals surface area contributed by atoms with Gasteiger partial charge in [-0.2, -0.15) is 0 Å². The van der Waals surface area contributed by atoms with Gasteiger partial charge in [-0.1, -0.05) is 0 Å². The summed E-state index contributed by atoms with van der Waals surface area (Å²) in [6.45, 7) is 1.57. The molecule has 7 nitrogen and oxygen atoms in total. The molecule has 1 saturated heterocycles. The lowest BCUT2D eigenvalue weighted by Gasteiger charge is -2.25. The molecule has 0 radical (unpaired) electrons. The van der Waals surface area contributed by atoms with Crippen LogP contribution in [0.1, 0.15) is 25.1 Å². The maximum atomic E-state index is 12.0. The lowest BCUT2D eigenvalue weighted by molar-refractivity contribution is -0.122. The first-order valence-electron chi connectivity index (χ1n) is 7.32. The molecule has 0 saturated carbocycles. The molecule has 3 rings (SSSR count). The standard InChI is InChI=1S/C13H20N4O3S/c18-13(4-7-17-6-1-9-21(17,19)20)15-11-2-3-12-14-5-8-16(12)10-11/h5,8,11H,1-4,6-7,9-10H2,(H,15,18). The van der Waals surface area contributed by atoms with Crippen LogP contribution in [0.5, 0.6) is 0 Å². The van der Waals surface area contributed by atoms with Crippen LogP contribution in [-0.2, 0) is 27.8 Å². The molecule has 1 N–H and O–H groups in total. The van der Waals surface area contributed by atoms with Crippen LogP contribution in [0, 0.1) is 0 Å². The summed E-state index contributed by atoms with van der Waals surface area (Å²) in [7, 11) is -3.11. The number of carbonyl (C=O) groups excluding carboxylic acids is 1. The van der Waals surface area contributed by atoms with Crippen molar-refractivity contribution in [3.63, 3.8) is 0 Å². The van der Waals surface area contributed by atoms with Gasteiger partial charge in [0.05, 0.1) is 5.75 Å². The van der Waals surface area contributed by atoms with Crippen molar-refractivity contribution in [3.8, 4) is 0 Å². The van der Waals surface area contributed by atoms with E-state index in [0.717, 1.165) is 25.2 Å². The minimum absolute atomic E-state index is 0.0781. The highest BCUT2D eigenvalue weighted by atomic mass is 32.2. The minimum atomic E-state index is -3.11. The third-order valence-electron chi connectivity index (χ3n) is 4.09. The summed E-state index contributed by atoms with van der Waals surface area (Å²) in [6, 6.07) is 0.106. The Balaban J connectivity index is 1.47. The van der Waals surface area contributed by atoms with Crippen molar-refractivity contribution < 1.29 is 13.2 Å². The van der Waals surface area contributed by atoms with E-state index in [1.165, 1.54) is 4.31 Å². The number of amides is 1. The Morgan fingerprint density at radius 2 is 2.33 bits per heavy atom. The van der Waals surface area contributed by atoms with Crippen molar-refractivity contribution in [1.82, 2.24) is 19.2 Å². The van der Waals surface area contributed by atoms with Gasteiger partial charge in [-0.25, -0.2) is 17.7 Å². The quantitative estimate of drug-likeness (QED) is 0.830. The molecular formula is C13H20N4O3S. The number of nitrogens with one attached hydrogen (secondary N) is 1. The molecular weight excluding hydrogens is 292 g/mol. The van der Waals surface area contributed by atoms with Crippen molar-refractivity contribution in [3.05, 3.63) is 18.2 Å². The van der Waals surface area contributed by atoms with Crippen molar-refractivity contribution in [2.45, 2.75) is 38.3 Å². The Bertz CT molecular complexity index is 625. The van der Waals surface area contributed by atoms with Crippen LogP contribution in [-0.4, -0.2) is 53.1 Å². The van der Waals surface area contributed by atoms with Crippen molar-refractivity contribution in [1.29, 1.82) is 0 Å². The molecule has 2 aliphatic rings. The van der Waals surface area contributed by atoms with Gasteiger partial charge in [0.15, 0.2) is 0 Å². The molecule has 1 unspecified atom stereocenters. The molecule has 0 aliphatic carbocycles. The van der Waals surface area contributed by atoms with E-state index in [1.54, 1.807) is 6.20 Å². The monoisotopic (exact) mass is 312 g/mol. The number of rotatable bonds is 4. The van der Waals surface area contributed by atoms with E-state index < -0.39 is 10.0 Å². The predicted molar refractivity (Wildman–Crippen MR) is 77.1 cm³/mol. The van der Waals surface area contributed by atoms with E-state index in [2.05, 4.69) is 14.9 Å². The molecule has 3 heterocycles. The summed E-state index contributed by atoms with van der Waals surface area (Å²) in [4.78, 5) is 16.2. The number of hydrogen-bond donors (Lipinski definition) is 1. The topological polar surface area (TPSA) is 84.3 Å². The fourth-order valence-corrected chi connectivity index (χ4v) is 4.48. The molecule has 116 valence electrons. The second-order valence-electron chi connectivity index (χ2n) is 5.62. The van der Waals surface area contributed by atoms with Crippen molar-refractivity contribution >= 4 is 15.9 Å². The number of imidazole rings is 1. The van der Waals surface area contributed by atoms with Crippen LogP contribution in [0.4, 0.5) is 0 Å². The van der Waals surface area contributed by atoms with E-state index >= 15 is 0 Å². The summed E-state index contributed by atoms with van der Waals surface area (Å²) >= 11 is 0. The molecule has 8 heteroatoms.